The van der Waals surface area contributed by atoms with Crippen LogP contribution >= 0.6 is 0 Å². The van der Waals surface area contributed by atoms with Crippen molar-refractivity contribution in [3.63, 3.8) is 0 Å². The van der Waals surface area contributed by atoms with E-state index in [4.69, 9.17) is 42.6 Å². The molecule has 21 atom stereocenters. The summed E-state index contributed by atoms with van der Waals surface area (Å²) in [5.41, 5.74) is -6.28. The van der Waals surface area contributed by atoms with Gasteiger partial charge in [0.1, 0.15) is 41.2 Å². The average molecular weight is 905 g/mol. The topological polar surface area (TPSA) is 222 Å². The molecule has 64 heavy (non-hydrogen) atoms. The minimum absolute atomic E-state index is 0.0116. The number of hydrogen-bond acceptors (Lipinski definition) is 16. The zero-order chi connectivity index (χ0) is 46.1. The maximum absolute atomic E-state index is 13.7. The van der Waals surface area contributed by atoms with E-state index in [1.54, 1.807) is 58.4 Å². The Balaban J connectivity index is 0.911. The van der Waals surface area contributed by atoms with Gasteiger partial charge in [0.2, 0.25) is 0 Å². The number of rotatable bonds is 11. The molecule has 360 valence electrons. The molecule has 1 aromatic rings. The first-order valence-electron chi connectivity index (χ1n) is 23.4. The van der Waals surface area contributed by atoms with Crippen molar-refractivity contribution in [3.05, 3.63) is 47.5 Å². The molecule has 0 aromatic heterocycles. The molecule has 0 spiro atoms. The van der Waals surface area contributed by atoms with Crippen molar-refractivity contribution in [1.29, 1.82) is 0 Å². The second-order valence-corrected chi connectivity index (χ2v) is 20.3. The van der Waals surface area contributed by atoms with Crippen molar-refractivity contribution in [3.8, 4) is 0 Å². The highest BCUT2D eigenvalue weighted by molar-refractivity contribution is 5.89. The van der Waals surface area contributed by atoms with Crippen molar-refractivity contribution in [2.75, 3.05) is 14.2 Å². The molecule has 6 fully saturated rings. The molecule has 0 radical (unpaired) electrons. The van der Waals surface area contributed by atoms with Gasteiger partial charge in [-0.05, 0) is 90.2 Å². The minimum Gasteiger partial charge on any atom is -0.458 e. The molecule has 0 amide bonds. The molecule has 8 rings (SSSR count). The Hall–Kier alpha value is -2.13. The minimum atomic E-state index is -1.90. The van der Waals surface area contributed by atoms with E-state index >= 15 is 0 Å². The van der Waals surface area contributed by atoms with Gasteiger partial charge in [-0.1, -0.05) is 43.7 Å². The highest BCUT2D eigenvalue weighted by atomic mass is 16.7. The quantitative estimate of drug-likeness (QED) is 0.138. The molecule has 3 aliphatic heterocycles. The van der Waals surface area contributed by atoms with Gasteiger partial charge in [0.15, 0.2) is 18.9 Å². The summed E-state index contributed by atoms with van der Waals surface area (Å²) in [7, 11) is 3.15. The van der Waals surface area contributed by atoms with Crippen LogP contribution in [0.3, 0.4) is 0 Å². The van der Waals surface area contributed by atoms with Crippen molar-refractivity contribution in [2.24, 2.45) is 16.7 Å². The lowest BCUT2D eigenvalue weighted by molar-refractivity contribution is -0.338. The predicted molar refractivity (Wildman–Crippen MR) is 227 cm³/mol. The second-order valence-electron chi connectivity index (χ2n) is 20.3. The summed E-state index contributed by atoms with van der Waals surface area (Å²) in [5.74, 6) is -1.16. The normalized spacial score (nSPS) is 49.8. The Morgan fingerprint density at radius 1 is 0.781 bits per heavy atom. The number of methoxy groups -OCH3 is 2. The van der Waals surface area contributed by atoms with E-state index in [0.717, 1.165) is 5.57 Å². The van der Waals surface area contributed by atoms with Gasteiger partial charge in [-0.3, -0.25) is 0 Å². The van der Waals surface area contributed by atoms with Gasteiger partial charge in [-0.15, -0.1) is 0 Å². The van der Waals surface area contributed by atoms with Crippen LogP contribution in [-0.4, -0.2) is 160 Å². The Kier molecular flexibility index (Phi) is 13.6. The number of aliphatic hydroxyl groups excluding tert-OH is 3. The van der Waals surface area contributed by atoms with Crippen molar-refractivity contribution in [1.82, 2.24) is 0 Å². The van der Waals surface area contributed by atoms with Crippen LogP contribution in [0.15, 0.2) is 42.0 Å². The standard InChI is InChI=1S/C48H72O16/c1-25-40(51)33(56-7)22-38(58-25)64-42-27(3)60-39(23-34(42)57-8)63-41-26(2)59-37(21-32(41)50)61-31-15-16-44(5)30(20-31)14-17-47(54)35(44)24-36(62-43(52)29-12-10-9-11-13-29)45(6)46(53,28(4)49)18-19-48(45,47)55/h9-14,25-28,31-42,49-51,53-55H,15-24H2,1-8H3/t25-,26-,27-,28+,31+,32+,33-,34+,35-,36-,37+,38+,39+,40-,41-,42-,44+,45-,46-,47+,48-/m1/s1. The molecule has 1 aromatic carbocycles. The largest absolute Gasteiger partial charge is 0.458 e. The van der Waals surface area contributed by atoms with Crippen LogP contribution in [0.25, 0.3) is 0 Å². The van der Waals surface area contributed by atoms with E-state index in [1.165, 1.54) is 6.92 Å². The van der Waals surface area contributed by atoms with Gasteiger partial charge in [-0.25, -0.2) is 4.79 Å². The van der Waals surface area contributed by atoms with Crippen LogP contribution in [0.2, 0.25) is 0 Å². The molecule has 0 unspecified atom stereocenters. The van der Waals surface area contributed by atoms with E-state index < -0.39 is 126 Å². The van der Waals surface area contributed by atoms with E-state index in [9.17, 15) is 35.4 Å². The van der Waals surface area contributed by atoms with Gasteiger partial charge >= 0.3 is 5.97 Å². The molecule has 6 N–H and O–H groups in total. The highest BCUT2D eigenvalue weighted by Crippen LogP contribution is 2.71. The van der Waals surface area contributed by atoms with Crippen molar-refractivity contribution < 1.29 is 78.1 Å². The lowest BCUT2D eigenvalue weighted by Gasteiger charge is -2.67. The molecule has 16 heteroatoms. The summed E-state index contributed by atoms with van der Waals surface area (Å²) in [5, 5.41) is 70.9. The Bertz CT molecular complexity index is 1820. The number of benzene rings is 1. The number of esters is 1. The highest BCUT2D eigenvalue weighted by Gasteiger charge is 2.81. The first-order chi connectivity index (χ1) is 30.2. The van der Waals surface area contributed by atoms with E-state index in [-0.39, 0.29) is 38.2 Å². The molecule has 4 aliphatic carbocycles. The molecule has 3 saturated heterocycles. The summed E-state index contributed by atoms with van der Waals surface area (Å²) in [4.78, 5) is 13.7. The average Bonchev–Trinajstić information content (AvgIpc) is 3.49. The van der Waals surface area contributed by atoms with E-state index in [2.05, 4.69) is 6.92 Å². The third kappa shape index (κ3) is 7.92. The zero-order valence-electron chi connectivity index (χ0n) is 38.5. The van der Waals surface area contributed by atoms with Crippen LogP contribution < -0.4 is 0 Å². The lowest BCUT2D eigenvalue weighted by atomic mass is 9.42. The van der Waals surface area contributed by atoms with E-state index in [0.29, 0.717) is 37.7 Å². The van der Waals surface area contributed by atoms with Crippen LogP contribution in [0.1, 0.15) is 116 Å². The van der Waals surface area contributed by atoms with E-state index in [1.807, 2.05) is 19.9 Å². The third-order valence-corrected chi connectivity index (χ3v) is 17.0. The van der Waals surface area contributed by atoms with Crippen LogP contribution in [0.5, 0.6) is 0 Å². The Morgan fingerprint density at radius 3 is 2.03 bits per heavy atom. The van der Waals surface area contributed by atoms with Gasteiger partial charge in [0.25, 0.3) is 0 Å². The Labute approximate surface area is 376 Å². The first kappa shape index (κ1) is 48.3. The number of carbonyl (C=O) groups excluding carboxylic acids is 1. The predicted octanol–water partition coefficient (Wildman–Crippen LogP) is 3.44. The second kappa shape index (κ2) is 18.1. The maximum atomic E-state index is 13.7. The number of carbonyl (C=O) groups is 1. The van der Waals surface area contributed by atoms with Crippen molar-refractivity contribution >= 4 is 5.97 Å². The molecule has 16 nitrogen and oxygen atoms in total. The summed E-state index contributed by atoms with van der Waals surface area (Å²) in [6.07, 6.45) is -4.93. The van der Waals surface area contributed by atoms with Crippen LogP contribution in [0, 0.1) is 16.7 Å². The molecular formula is C48H72O16. The SMILES string of the molecule is CO[C@H]1C[C@H](O[C@H]2[C@@H](O)C[C@H](O[C@H]3CC[C@@]4(C)C(=CC[C@]5(O)[C@@H]4C[C@@H](OC(=O)c4ccccc4)[C@@]4(C)[C@]5(O)CC[C@@]4(O)[C@H](C)O)C3)O[C@@H]2C)O[C@H](C)[C@H]1O[C@H]1C[C@@H](OC)[C@H](O)[C@@H](C)O1. The monoisotopic (exact) mass is 904 g/mol. The van der Waals surface area contributed by atoms with Crippen LogP contribution in [-0.2, 0) is 42.6 Å². The molecule has 3 saturated carbocycles. The lowest BCUT2D eigenvalue weighted by Crippen LogP contribution is -2.78. The van der Waals surface area contributed by atoms with Gasteiger partial charge in [0, 0.05) is 39.4 Å². The third-order valence-electron chi connectivity index (χ3n) is 17.0. The van der Waals surface area contributed by atoms with Crippen molar-refractivity contribution in [2.45, 2.75) is 215 Å². The maximum Gasteiger partial charge on any atom is 0.338 e. The summed E-state index contributed by atoms with van der Waals surface area (Å²) < 4.78 is 55.5. The summed E-state index contributed by atoms with van der Waals surface area (Å²) in [6.45, 7) is 10.7. The molecule has 3 heterocycles. The fourth-order valence-electron chi connectivity index (χ4n) is 13.1. The van der Waals surface area contributed by atoms with Gasteiger partial charge in [0.05, 0.1) is 59.8 Å². The number of aliphatic hydroxyl groups is 6. The summed E-state index contributed by atoms with van der Waals surface area (Å²) in [6, 6.07) is 8.56. The fourth-order valence-corrected chi connectivity index (χ4v) is 13.1. The number of ether oxygens (including phenoxy) is 9. The number of fused-ring (bicyclic) bond motifs is 5. The molecule has 7 aliphatic rings. The smallest absolute Gasteiger partial charge is 0.338 e. The fraction of sp³-hybridized carbons (Fsp3) is 0.812. The zero-order valence-corrected chi connectivity index (χ0v) is 38.5. The van der Waals surface area contributed by atoms with Gasteiger partial charge < -0.3 is 73.3 Å². The Morgan fingerprint density at radius 2 is 1.39 bits per heavy atom. The number of hydrogen-bond donors (Lipinski definition) is 6. The van der Waals surface area contributed by atoms with Crippen LogP contribution in [0.4, 0.5) is 0 Å². The first-order valence-corrected chi connectivity index (χ1v) is 23.4. The van der Waals surface area contributed by atoms with Gasteiger partial charge in [-0.2, -0.15) is 0 Å². The molecule has 0 bridgehead atoms. The molecular weight excluding hydrogens is 833 g/mol. The summed E-state index contributed by atoms with van der Waals surface area (Å²) >= 11 is 0.